The molecule has 0 unspecified atom stereocenters. The van der Waals surface area contributed by atoms with Gasteiger partial charge in [0, 0.05) is 51.7 Å². The van der Waals surface area contributed by atoms with E-state index in [-0.39, 0.29) is 0 Å². The predicted octanol–water partition coefficient (Wildman–Crippen LogP) is 0.794. The summed E-state index contributed by atoms with van der Waals surface area (Å²) >= 11 is 4.94. The van der Waals surface area contributed by atoms with Crippen LogP contribution in [0.4, 0.5) is 0 Å². The fraction of sp³-hybridized carbons (Fsp3) is 0.538. The van der Waals surface area contributed by atoms with Crippen molar-refractivity contribution in [3.63, 3.8) is 0 Å². The third kappa shape index (κ3) is 4.01. The second-order valence-corrected chi connectivity index (χ2v) is 5.41. The molecule has 0 aliphatic carbocycles. The van der Waals surface area contributed by atoms with E-state index in [2.05, 4.69) is 27.8 Å². The Kier molecular flexibility index (Phi) is 4.63. The number of pyridine rings is 1. The average molecular weight is 264 g/mol. The monoisotopic (exact) mass is 264 g/mol. The highest BCUT2D eigenvalue weighted by Gasteiger charge is 2.17. The van der Waals surface area contributed by atoms with Crippen LogP contribution in [0.3, 0.4) is 0 Å². The Labute approximate surface area is 114 Å². The first-order valence-corrected chi connectivity index (χ1v) is 6.68. The summed E-state index contributed by atoms with van der Waals surface area (Å²) in [6.45, 7) is 8.02. The predicted molar refractivity (Wildman–Crippen MR) is 77.5 cm³/mol. The normalized spacial score (nSPS) is 17.8. The van der Waals surface area contributed by atoms with Gasteiger partial charge >= 0.3 is 0 Å². The molecule has 98 valence electrons. The van der Waals surface area contributed by atoms with E-state index in [1.165, 1.54) is 11.1 Å². The summed E-state index contributed by atoms with van der Waals surface area (Å²) in [7, 11) is 0. The van der Waals surface area contributed by atoms with Gasteiger partial charge in [-0.05, 0) is 18.1 Å². The van der Waals surface area contributed by atoms with Crippen LogP contribution in [0.5, 0.6) is 0 Å². The van der Waals surface area contributed by atoms with Crippen molar-refractivity contribution in [2.75, 3.05) is 32.7 Å². The zero-order valence-corrected chi connectivity index (χ0v) is 11.6. The molecule has 1 aliphatic heterocycles. The molecule has 0 radical (unpaired) electrons. The number of nitrogens with two attached hydrogens (primary N) is 1. The summed E-state index contributed by atoms with van der Waals surface area (Å²) in [5.41, 5.74) is 8.08. The van der Waals surface area contributed by atoms with Crippen LogP contribution in [0.2, 0.25) is 0 Å². The number of aryl methyl sites for hydroxylation is 1. The maximum atomic E-state index is 5.57. The second-order valence-electron chi connectivity index (χ2n) is 4.89. The molecule has 1 aliphatic rings. The van der Waals surface area contributed by atoms with Gasteiger partial charge in [0.2, 0.25) is 0 Å². The fourth-order valence-corrected chi connectivity index (χ4v) is 2.47. The minimum Gasteiger partial charge on any atom is -0.392 e. The van der Waals surface area contributed by atoms with E-state index in [1.807, 2.05) is 12.4 Å². The van der Waals surface area contributed by atoms with E-state index >= 15 is 0 Å². The number of rotatable bonds is 4. The number of hydrogen-bond acceptors (Lipinski definition) is 4. The molecule has 0 aromatic carbocycles. The van der Waals surface area contributed by atoms with Crippen molar-refractivity contribution in [2.45, 2.75) is 13.5 Å². The summed E-state index contributed by atoms with van der Waals surface area (Å²) in [5.74, 6) is 0. The molecule has 0 bridgehead atoms. The molecule has 4 nitrogen and oxygen atoms in total. The lowest BCUT2D eigenvalue weighted by molar-refractivity contribution is 0.140. The number of thiocarbonyl (C=S) groups is 1. The molecule has 5 heteroatoms. The van der Waals surface area contributed by atoms with Crippen LogP contribution in [-0.2, 0) is 6.54 Å². The third-order valence-electron chi connectivity index (χ3n) is 3.18. The Bertz CT molecular complexity index is 413. The summed E-state index contributed by atoms with van der Waals surface area (Å²) < 4.78 is 0. The van der Waals surface area contributed by atoms with Gasteiger partial charge < -0.3 is 5.73 Å². The first-order chi connectivity index (χ1) is 8.63. The van der Waals surface area contributed by atoms with Crippen LogP contribution in [0.25, 0.3) is 0 Å². The minimum absolute atomic E-state index is 0.589. The molecule has 18 heavy (non-hydrogen) atoms. The van der Waals surface area contributed by atoms with Crippen molar-refractivity contribution >= 4 is 17.2 Å². The minimum atomic E-state index is 0.589. The highest BCUT2D eigenvalue weighted by Crippen LogP contribution is 2.08. The van der Waals surface area contributed by atoms with Crippen molar-refractivity contribution in [2.24, 2.45) is 5.73 Å². The van der Waals surface area contributed by atoms with E-state index in [9.17, 15) is 0 Å². The fourth-order valence-electron chi connectivity index (χ4n) is 2.29. The molecule has 0 saturated carbocycles. The molecule has 0 amide bonds. The van der Waals surface area contributed by atoms with Crippen molar-refractivity contribution in [1.29, 1.82) is 0 Å². The van der Waals surface area contributed by atoms with Gasteiger partial charge in [-0.3, -0.25) is 14.8 Å². The molecular weight excluding hydrogens is 244 g/mol. The molecular formula is C13H20N4S. The van der Waals surface area contributed by atoms with Crippen molar-refractivity contribution < 1.29 is 0 Å². The lowest BCUT2D eigenvalue weighted by atomic mass is 10.2. The Morgan fingerprint density at radius 2 is 1.94 bits per heavy atom. The van der Waals surface area contributed by atoms with Gasteiger partial charge in [-0.2, -0.15) is 0 Å². The highest BCUT2D eigenvalue weighted by atomic mass is 32.1. The first-order valence-electron chi connectivity index (χ1n) is 6.27. The molecule has 1 saturated heterocycles. The molecule has 2 heterocycles. The van der Waals surface area contributed by atoms with Crippen LogP contribution in [0.1, 0.15) is 11.1 Å². The van der Waals surface area contributed by atoms with Gasteiger partial charge in [-0.25, -0.2) is 0 Å². The Morgan fingerprint density at radius 1 is 1.28 bits per heavy atom. The molecule has 1 fully saturated rings. The lowest BCUT2D eigenvalue weighted by Gasteiger charge is -2.34. The van der Waals surface area contributed by atoms with E-state index in [0.717, 1.165) is 39.3 Å². The van der Waals surface area contributed by atoms with E-state index in [1.54, 1.807) is 0 Å². The smallest absolute Gasteiger partial charge is 0.0870 e. The topological polar surface area (TPSA) is 45.4 Å². The molecule has 1 aromatic heterocycles. The van der Waals surface area contributed by atoms with E-state index in [0.29, 0.717) is 4.99 Å². The van der Waals surface area contributed by atoms with Gasteiger partial charge in [0.25, 0.3) is 0 Å². The van der Waals surface area contributed by atoms with Gasteiger partial charge in [-0.15, -0.1) is 0 Å². The summed E-state index contributed by atoms with van der Waals surface area (Å²) in [6.07, 6.45) is 3.85. The van der Waals surface area contributed by atoms with Crippen molar-refractivity contribution in [3.8, 4) is 0 Å². The Hall–Kier alpha value is -1.04. The van der Waals surface area contributed by atoms with Gasteiger partial charge in [-0.1, -0.05) is 18.3 Å². The van der Waals surface area contributed by atoms with E-state index in [4.69, 9.17) is 18.0 Å². The maximum absolute atomic E-state index is 5.57. The third-order valence-corrected chi connectivity index (χ3v) is 3.31. The Morgan fingerprint density at radius 3 is 2.56 bits per heavy atom. The number of hydrogen-bond donors (Lipinski definition) is 1. The van der Waals surface area contributed by atoms with Crippen LogP contribution in [0.15, 0.2) is 18.5 Å². The van der Waals surface area contributed by atoms with Crippen molar-refractivity contribution in [1.82, 2.24) is 14.8 Å². The highest BCUT2D eigenvalue weighted by molar-refractivity contribution is 7.80. The molecule has 0 spiro atoms. The molecule has 1 aromatic rings. The van der Waals surface area contributed by atoms with Gasteiger partial charge in [0.1, 0.15) is 0 Å². The maximum Gasteiger partial charge on any atom is 0.0870 e. The summed E-state index contributed by atoms with van der Waals surface area (Å²) in [5, 5.41) is 0. The van der Waals surface area contributed by atoms with Crippen LogP contribution in [-0.4, -0.2) is 52.5 Å². The molecule has 2 N–H and O–H groups in total. The quantitative estimate of drug-likeness (QED) is 0.815. The zero-order chi connectivity index (χ0) is 13.0. The Balaban J connectivity index is 1.81. The first kappa shape index (κ1) is 13.4. The number of aromatic nitrogens is 1. The largest absolute Gasteiger partial charge is 0.392 e. The van der Waals surface area contributed by atoms with Crippen LogP contribution >= 0.6 is 12.2 Å². The number of nitrogens with zero attached hydrogens (tertiary/aromatic N) is 3. The van der Waals surface area contributed by atoms with Crippen molar-refractivity contribution in [3.05, 3.63) is 29.6 Å². The van der Waals surface area contributed by atoms with Crippen LogP contribution < -0.4 is 5.73 Å². The zero-order valence-electron chi connectivity index (χ0n) is 10.8. The standard InChI is InChI=1S/C13H20N4S/c1-11-6-12(8-15-7-11)9-16-2-4-17(5-3-16)10-13(14)18/h6-8H,2-5,9-10H2,1H3,(H2,14,18). The average Bonchev–Trinajstić information content (AvgIpc) is 2.31. The molecule has 0 atom stereocenters. The van der Waals surface area contributed by atoms with E-state index < -0.39 is 0 Å². The summed E-state index contributed by atoms with van der Waals surface area (Å²) in [6, 6.07) is 2.20. The second kappa shape index (κ2) is 6.22. The van der Waals surface area contributed by atoms with Crippen LogP contribution in [0, 0.1) is 6.92 Å². The van der Waals surface area contributed by atoms with Gasteiger partial charge in [0.05, 0.1) is 4.99 Å². The molecule has 2 rings (SSSR count). The lowest BCUT2D eigenvalue weighted by Crippen LogP contribution is -2.48. The SMILES string of the molecule is Cc1cncc(CN2CCN(CC(N)=S)CC2)c1. The summed E-state index contributed by atoms with van der Waals surface area (Å²) in [4.78, 5) is 9.59. The number of piperazine rings is 1. The van der Waals surface area contributed by atoms with Gasteiger partial charge in [0.15, 0.2) is 0 Å².